The highest BCUT2D eigenvalue weighted by atomic mass is 32.1. The summed E-state index contributed by atoms with van der Waals surface area (Å²) in [7, 11) is 0. The van der Waals surface area contributed by atoms with Gasteiger partial charge in [0.2, 0.25) is 0 Å². The molecule has 1 N–H and O–H groups in total. The minimum absolute atomic E-state index is 0.678. The zero-order chi connectivity index (χ0) is 6.97. The molecule has 0 aliphatic heterocycles. The van der Waals surface area contributed by atoms with Crippen molar-refractivity contribution in [2.45, 2.75) is 0 Å². The molecule has 0 aromatic carbocycles. The van der Waals surface area contributed by atoms with Crippen molar-refractivity contribution in [3.8, 4) is 6.07 Å². The van der Waals surface area contributed by atoms with Crippen molar-refractivity contribution in [3.05, 3.63) is 17.3 Å². The molecule has 10 heavy (non-hydrogen) atoms. The van der Waals surface area contributed by atoms with E-state index in [0.29, 0.717) is 5.56 Å². The zero-order valence-electron chi connectivity index (χ0n) is 4.96. The molecule has 0 radical (unpaired) electrons. The van der Waals surface area contributed by atoms with E-state index in [2.05, 4.69) is 16.0 Å². The molecule has 0 atom stereocenters. The lowest BCUT2D eigenvalue weighted by atomic mass is 10.4. The highest BCUT2D eigenvalue weighted by molar-refractivity contribution is 7.17. The molecule has 2 heterocycles. The predicted octanol–water partition coefficient (Wildman–Crippen LogP) is 1.50. The van der Waals surface area contributed by atoms with E-state index in [-0.39, 0.29) is 0 Å². The second-order valence-electron chi connectivity index (χ2n) is 1.84. The van der Waals surface area contributed by atoms with Crippen molar-refractivity contribution in [2.24, 2.45) is 0 Å². The number of thiazole rings is 1. The fraction of sp³-hybridized carbons (Fsp3) is 0. The van der Waals surface area contributed by atoms with Crippen molar-refractivity contribution in [3.63, 3.8) is 0 Å². The first-order valence-corrected chi connectivity index (χ1v) is 3.60. The van der Waals surface area contributed by atoms with E-state index in [9.17, 15) is 0 Å². The first-order valence-electron chi connectivity index (χ1n) is 2.72. The molecule has 2 rings (SSSR count). The maximum atomic E-state index is 8.55. The van der Waals surface area contributed by atoms with Crippen LogP contribution < -0.4 is 0 Å². The van der Waals surface area contributed by atoms with Gasteiger partial charge in [-0.3, -0.25) is 0 Å². The third kappa shape index (κ3) is 0.552. The third-order valence-corrected chi connectivity index (χ3v) is 2.15. The molecule has 0 saturated heterocycles. The molecule has 0 aliphatic rings. The van der Waals surface area contributed by atoms with Crippen LogP contribution in [-0.4, -0.2) is 9.97 Å². The van der Waals surface area contributed by atoms with Crippen molar-refractivity contribution in [1.29, 1.82) is 5.26 Å². The summed E-state index contributed by atoms with van der Waals surface area (Å²) in [6, 6.07) is 2.08. The average molecular weight is 149 g/mol. The van der Waals surface area contributed by atoms with Gasteiger partial charge in [0.15, 0.2) is 0 Å². The van der Waals surface area contributed by atoms with Crippen LogP contribution in [0.2, 0.25) is 0 Å². The second kappa shape index (κ2) is 1.82. The van der Waals surface area contributed by atoms with Gasteiger partial charge < -0.3 is 4.98 Å². The van der Waals surface area contributed by atoms with Gasteiger partial charge in [-0.25, -0.2) is 4.98 Å². The van der Waals surface area contributed by atoms with Gasteiger partial charge in [-0.15, -0.1) is 11.3 Å². The summed E-state index contributed by atoms with van der Waals surface area (Å²) in [5.74, 6) is 0. The van der Waals surface area contributed by atoms with Crippen molar-refractivity contribution in [2.75, 3.05) is 0 Å². The average Bonchev–Trinajstić information content (AvgIpc) is 2.44. The molecule has 2 aromatic heterocycles. The van der Waals surface area contributed by atoms with Crippen LogP contribution in [0, 0.1) is 11.3 Å². The topological polar surface area (TPSA) is 52.5 Å². The highest BCUT2D eigenvalue weighted by Gasteiger charge is 2.02. The Balaban J connectivity index is 2.92. The van der Waals surface area contributed by atoms with E-state index >= 15 is 0 Å². The van der Waals surface area contributed by atoms with Gasteiger partial charge >= 0.3 is 0 Å². The zero-order valence-corrected chi connectivity index (χ0v) is 5.77. The van der Waals surface area contributed by atoms with Gasteiger partial charge in [0, 0.05) is 6.20 Å². The van der Waals surface area contributed by atoms with Gasteiger partial charge in [0.25, 0.3) is 0 Å². The minimum Gasteiger partial charge on any atom is -0.344 e. The molecule has 0 unspecified atom stereocenters. The minimum atomic E-state index is 0.678. The summed E-state index contributed by atoms with van der Waals surface area (Å²) in [5, 5.41) is 8.55. The van der Waals surface area contributed by atoms with Crippen LogP contribution in [0.15, 0.2) is 11.7 Å². The van der Waals surface area contributed by atoms with Crippen molar-refractivity contribution < 1.29 is 0 Å². The number of hydrogen-bond acceptors (Lipinski definition) is 3. The molecular formula is C6H3N3S. The van der Waals surface area contributed by atoms with Crippen LogP contribution >= 0.6 is 11.3 Å². The van der Waals surface area contributed by atoms with Crippen molar-refractivity contribution >= 4 is 21.7 Å². The summed E-state index contributed by atoms with van der Waals surface area (Å²) in [6.07, 6.45) is 1.67. The smallest absolute Gasteiger partial charge is 0.149 e. The molecule has 48 valence electrons. The Morgan fingerprint density at radius 3 is 3.40 bits per heavy atom. The Hall–Kier alpha value is -1.34. The molecule has 0 spiro atoms. The maximum Gasteiger partial charge on any atom is 0.149 e. The van der Waals surface area contributed by atoms with E-state index in [0.717, 1.165) is 10.3 Å². The van der Waals surface area contributed by atoms with Crippen LogP contribution in [0.3, 0.4) is 0 Å². The maximum absolute atomic E-state index is 8.55. The van der Waals surface area contributed by atoms with E-state index in [1.165, 1.54) is 11.3 Å². The summed E-state index contributed by atoms with van der Waals surface area (Å²) in [4.78, 5) is 6.90. The van der Waals surface area contributed by atoms with Crippen LogP contribution in [-0.2, 0) is 0 Å². The number of hydrogen-bond donors (Lipinski definition) is 1. The molecule has 0 fully saturated rings. The first kappa shape index (κ1) is 5.45. The number of fused-ring (bicyclic) bond motifs is 1. The monoisotopic (exact) mass is 149 g/mol. The van der Waals surface area contributed by atoms with E-state index in [4.69, 9.17) is 5.26 Å². The number of nitrogens with one attached hydrogen (secondary N) is 1. The summed E-state index contributed by atoms with van der Waals surface area (Å²) in [5.41, 5.74) is 3.21. The molecular weight excluding hydrogens is 146 g/mol. The molecule has 0 aliphatic carbocycles. The Morgan fingerprint density at radius 1 is 1.70 bits per heavy atom. The van der Waals surface area contributed by atoms with Crippen LogP contribution in [0.4, 0.5) is 0 Å². The predicted molar refractivity (Wildman–Crippen MR) is 38.7 cm³/mol. The lowest BCUT2D eigenvalue weighted by molar-refractivity contribution is 1.36. The van der Waals surface area contributed by atoms with Gasteiger partial charge in [-0.2, -0.15) is 5.26 Å². The SMILES string of the molecule is N#Cc1c[nH]c2ncsc12. The number of aromatic nitrogens is 2. The summed E-state index contributed by atoms with van der Waals surface area (Å²) < 4.78 is 0.947. The number of nitrogens with zero attached hydrogens (tertiary/aromatic N) is 2. The molecule has 3 nitrogen and oxygen atoms in total. The Bertz CT molecular complexity index is 392. The largest absolute Gasteiger partial charge is 0.344 e. The number of H-pyrrole nitrogens is 1. The van der Waals surface area contributed by atoms with Gasteiger partial charge in [0.1, 0.15) is 11.7 Å². The van der Waals surface area contributed by atoms with Crippen LogP contribution in [0.25, 0.3) is 10.3 Å². The number of aromatic amines is 1. The normalized spacial score (nSPS) is 9.90. The van der Waals surface area contributed by atoms with Gasteiger partial charge in [-0.1, -0.05) is 0 Å². The van der Waals surface area contributed by atoms with E-state index < -0.39 is 0 Å². The Kier molecular flexibility index (Phi) is 0.992. The number of rotatable bonds is 0. The Morgan fingerprint density at radius 2 is 2.60 bits per heavy atom. The first-order chi connectivity index (χ1) is 4.92. The molecule has 0 amide bonds. The fourth-order valence-electron chi connectivity index (χ4n) is 0.829. The summed E-state index contributed by atoms with van der Waals surface area (Å²) >= 11 is 1.48. The third-order valence-electron chi connectivity index (χ3n) is 1.29. The number of nitriles is 1. The lowest BCUT2D eigenvalue weighted by Gasteiger charge is -1.70. The van der Waals surface area contributed by atoms with Crippen molar-refractivity contribution in [1.82, 2.24) is 9.97 Å². The molecule has 4 heteroatoms. The van der Waals surface area contributed by atoms with Crippen LogP contribution in [0.5, 0.6) is 0 Å². The van der Waals surface area contributed by atoms with Crippen LogP contribution in [0.1, 0.15) is 5.56 Å². The Labute approximate surface area is 60.9 Å². The lowest BCUT2D eigenvalue weighted by Crippen LogP contribution is -1.59. The summed E-state index contributed by atoms with van der Waals surface area (Å²) in [6.45, 7) is 0. The molecule has 2 aromatic rings. The fourth-order valence-corrected chi connectivity index (χ4v) is 1.55. The standard InChI is InChI=1S/C6H3N3S/c7-1-4-2-8-6-5(4)10-3-9-6/h2-3,8H. The quantitative estimate of drug-likeness (QED) is 0.617. The second-order valence-corrected chi connectivity index (χ2v) is 2.70. The van der Waals surface area contributed by atoms with Gasteiger partial charge in [0.05, 0.1) is 15.8 Å². The molecule has 0 saturated carbocycles. The highest BCUT2D eigenvalue weighted by Crippen LogP contribution is 2.19. The molecule has 0 bridgehead atoms. The van der Waals surface area contributed by atoms with Gasteiger partial charge in [-0.05, 0) is 0 Å². The van der Waals surface area contributed by atoms with E-state index in [1.54, 1.807) is 11.7 Å². The van der Waals surface area contributed by atoms with E-state index in [1.807, 2.05) is 0 Å².